The maximum absolute atomic E-state index is 12.5. The third-order valence-corrected chi connectivity index (χ3v) is 5.65. The molecular weight excluding hydrogens is 370 g/mol. The highest BCUT2D eigenvalue weighted by molar-refractivity contribution is 5.74. The van der Waals surface area contributed by atoms with Crippen LogP contribution in [0.1, 0.15) is 44.6 Å². The van der Waals surface area contributed by atoms with Gasteiger partial charge in [0.1, 0.15) is 6.04 Å². The molecule has 2 aromatic rings. The molecule has 2 atom stereocenters. The number of nitrogens with zero attached hydrogens (tertiary/aromatic N) is 3. The van der Waals surface area contributed by atoms with Crippen LogP contribution < -0.4 is 16.2 Å². The maximum Gasteiger partial charge on any atom is 0.315 e. The van der Waals surface area contributed by atoms with Crippen LogP contribution in [0.3, 0.4) is 0 Å². The Morgan fingerprint density at radius 2 is 1.90 bits per heavy atom. The molecule has 4 rings (SSSR count). The number of amides is 2. The van der Waals surface area contributed by atoms with E-state index in [0.29, 0.717) is 18.9 Å². The van der Waals surface area contributed by atoms with Crippen molar-refractivity contribution in [3.8, 4) is 11.3 Å². The van der Waals surface area contributed by atoms with Gasteiger partial charge < -0.3 is 15.4 Å². The predicted molar refractivity (Wildman–Crippen MR) is 109 cm³/mol. The second-order valence-electron chi connectivity index (χ2n) is 7.76. The molecule has 2 fully saturated rings. The van der Waals surface area contributed by atoms with Gasteiger partial charge >= 0.3 is 6.03 Å². The van der Waals surface area contributed by atoms with Crippen LogP contribution in [-0.4, -0.2) is 46.1 Å². The number of carbonyl (C=O) groups excluding carboxylic acids is 1. The largest absolute Gasteiger partial charge is 0.377 e. The number of ether oxygens (including phenoxy) is 1. The van der Waals surface area contributed by atoms with E-state index in [4.69, 9.17) is 4.74 Å². The van der Waals surface area contributed by atoms with Gasteiger partial charge in [0.05, 0.1) is 24.9 Å². The fourth-order valence-electron chi connectivity index (χ4n) is 4.07. The molecule has 8 nitrogen and oxygen atoms in total. The summed E-state index contributed by atoms with van der Waals surface area (Å²) in [6.07, 6.45) is 10.2. The van der Waals surface area contributed by atoms with E-state index in [1.165, 1.54) is 23.6 Å². The monoisotopic (exact) mass is 397 g/mol. The van der Waals surface area contributed by atoms with E-state index in [0.717, 1.165) is 31.2 Å². The zero-order chi connectivity index (χ0) is 20.1. The Hall–Kier alpha value is -2.74. The number of hydrogen-bond donors (Lipinski definition) is 2. The molecule has 1 saturated heterocycles. The van der Waals surface area contributed by atoms with Crippen molar-refractivity contribution in [2.75, 3.05) is 13.2 Å². The Morgan fingerprint density at radius 1 is 1.07 bits per heavy atom. The minimum Gasteiger partial charge on any atom is -0.377 e. The van der Waals surface area contributed by atoms with Crippen LogP contribution in [0.2, 0.25) is 0 Å². The number of aromatic nitrogens is 3. The van der Waals surface area contributed by atoms with Crippen molar-refractivity contribution < 1.29 is 9.53 Å². The number of pyridine rings is 1. The first-order chi connectivity index (χ1) is 14.2. The van der Waals surface area contributed by atoms with Crippen molar-refractivity contribution in [1.29, 1.82) is 0 Å². The summed E-state index contributed by atoms with van der Waals surface area (Å²) in [7, 11) is 0. The second-order valence-corrected chi connectivity index (χ2v) is 7.76. The van der Waals surface area contributed by atoms with Crippen LogP contribution in [0.4, 0.5) is 4.79 Å². The highest BCUT2D eigenvalue weighted by atomic mass is 16.5. The van der Waals surface area contributed by atoms with Gasteiger partial charge in [0, 0.05) is 30.1 Å². The van der Waals surface area contributed by atoms with Gasteiger partial charge in [0.15, 0.2) is 0 Å². The molecule has 154 valence electrons. The minimum absolute atomic E-state index is 0.200. The molecule has 1 saturated carbocycles. The van der Waals surface area contributed by atoms with Gasteiger partial charge in [0.25, 0.3) is 5.56 Å². The Morgan fingerprint density at radius 3 is 2.66 bits per heavy atom. The number of hydrogen-bond acceptors (Lipinski definition) is 5. The molecule has 0 bridgehead atoms. The molecule has 2 aromatic heterocycles. The van der Waals surface area contributed by atoms with Crippen molar-refractivity contribution in [1.82, 2.24) is 25.4 Å². The lowest BCUT2D eigenvalue weighted by molar-refractivity contribution is 0.180. The molecule has 2 amide bonds. The lowest BCUT2D eigenvalue weighted by atomic mass is 10.1. The molecule has 1 aliphatic carbocycles. The zero-order valence-electron chi connectivity index (χ0n) is 16.4. The van der Waals surface area contributed by atoms with Crippen LogP contribution in [0.15, 0.2) is 41.5 Å². The molecule has 0 aromatic carbocycles. The summed E-state index contributed by atoms with van der Waals surface area (Å²) in [5.74, 6) is 0. The second kappa shape index (κ2) is 9.17. The fourth-order valence-corrected chi connectivity index (χ4v) is 4.07. The van der Waals surface area contributed by atoms with Crippen LogP contribution in [0.25, 0.3) is 11.3 Å². The molecule has 29 heavy (non-hydrogen) atoms. The minimum atomic E-state index is -0.348. The summed E-state index contributed by atoms with van der Waals surface area (Å²) in [6.45, 7) is 0.686. The molecule has 2 N–H and O–H groups in total. The first kappa shape index (κ1) is 19.6. The van der Waals surface area contributed by atoms with E-state index in [-0.39, 0.29) is 29.7 Å². The van der Waals surface area contributed by atoms with Crippen molar-refractivity contribution >= 4 is 6.03 Å². The zero-order valence-corrected chi connectivity index (χ0v) is 16.4. The van der Waals surface area contributed by atoms with Gasteiger partial charge in [-0.2, -0.15) is 5.10 Å². The molecule has 8 heteroatoms. The van der Waals surface area contributed by atoms with E-state index >= 15 is 0 Å². The Labute approximate surface area is 169 Å². The van der Waals surface area contributed by atoms with Crippen molar-refractivity contribution in [2.24, 2.45) is 0 Å². The highest BCUT2D eigenvalue weighted by Gasteiger charge is 2.33. The Bertz CT molecular complexity index is 877. The molecular formula is C21H27N5O3. The Balaban J connectivity index is 1.46. The van der Waals surface area contributed by atoms with Gasteiger partial charge in [-0.25, -0.2) is 9.48 Å². The first-order valence-electron chi connectivity index (χ1n) is 10.4. The van der Waals surface area contributed by atoms with Crippen LogP contribution in [0.5, 0.6) is 0 Å². The normalized spacial score (nSPS) is 22.8. The van der Waals surface area contributed by atoms with E-state index in [9.17, 15) is 9.59 Å². The van der Waals surface area contributed by atoms with Gasteiger partial charge in [0.2, 0.25) is 0 Å². The topological polar surface area (TPSA) is 98.1 Å². The smallest absolute Gasteiger partial charge is 0.315 e. The summed E-state index contributed by atoms with van der Waals surface area (Å²) in [5, 5.41) is 10.6. The SMILES string of the molecule is O=C(NC1CCCCCC1)NC1COCC1n1nc(-c2cccnc2)ccc1=O. The number of carbonyl (C=O) groups is 1. The summed E-state index contributed by atoms with van der Waals surface area (Å²) in [4.78, 5) is 29.1. The first-order valence-corrected chi connectivity index (χ1v) is 10.4. The quantitative estimate of drug-likeness (QED) is 0.771. The molecule has 2 aliphatic rings. The lowest BCUT2D eigenvalue weighted by Crippen LogP contribution is -2.50. The summed E-state index contributed by atoms with van der Waals surface area (Å²) >= 11 is 0. The third kappa shape index (κ3) is 4.82. The van der Waals surface area contributed by atoms with E-state index in [1.54, 1.807) is 18.5 Å². The molecule has 2 unspecified atom stereocenters. The van der Waals surface area contributed by atoms with Crippen molar-refractivity contribution in [3.05, 3.63) is 47.0 Å². The summed E-state index contributed by atoms with van der Waals surface area (Å²) in [6, 6.07) is 6.26. The fraction of sp³-hybridized carbons (Fsp3) is 0.524. The summed E-state index contributed by atoms with van der Waals surface area (Å²) < 4.78 is 7.00. The van der Waals surface area contributed by atoms with Crippen LogP contribution in [0, 0.1) is 0 Å². The number of rotatable bonds is 4. The predicted octanol–water partition coefficient (Wildman–Crippen LogP) is 2.27. The molecule has 0 radical (unpaired) electrons. The van der Waals surface area contributed by atoms with Crippen molar-refractivity contribution in [2.45, 2.75) is 56.7 Å². The standard InChI is InChI=1S/C21H27N5O3/c27-20-10-9-17(15-6-5-11-22-12-15)25-26(20)19-14-29-13-18(19)24-21(28)23-16-7-3-1-2-4-8-16/h5-6,9-12,16,18-19H,1-4,7-8,13-14H2,(H2,23,24,28). The van der Waals surface area contributed by atoms with Gasteiger partial charge in [-0.1, -0.05) is 25.7 Å². The van der Waals surface area contributed by atoms with E-state index in [1.807, 2.05) is 12.1 Å². The highest BCUT2D eigenvalue weighted by Crippen LogP contribution is 2.20. The molecule has 1 aliphatic heterocycles. The van der Waals surface area contributed by atoms with Crippen molar-refractivity contribution in [3.63, 3.8) is 0 Å². The Kier molecular flexibility index (Phi) is 6.19. The van der Waals surface area contributed by atoms with Gasteiger partial charge in [-0.3, -0.25) is 9.78 Å². The van der Waals surface area contributed by atoms with Crippen LogP contribution >= 0.6 is 0 Å². The average molecular weight is 397 g/mol. The van der Waals surface area contributed by atoms with Gasteiger partial charge in [-0.05, 0) is 31.0 Å². The van der Waals surface area contributed by atoms with Crippen LogP contribution in [-0.2, 0) is 4.74 Å². The number of nitrogens with one attached hydrogen (secondary N) is 2. The van der Waals surface area contributed by atoms with Gasteiger partial charge in [-0.15, -0.1) is 0 Å². The summed E-state index contributed by atoms with van der Waals surface area (Å²) in [5.41, 5.74) is 1.27. The third-order valence-electron chi connectivity index (χ3n) is 5.65. The maximum atomic E-state index is 12.5. The van der Waals surface area contributed by atoms with E-state index < -0.39 is 0 Å². The average Bonchev–Trinajstić information content (AvgIpc) is 3.03. The molecule has 0 spiro atoms. The lowest BCUT2D eigenvalue weighted by Gasteiger charge is -2.23. The number of urea groups is 1. The van der Waals surface area contributed by atoms with E-state index in [2.05, 4.69) is 20.7 Å². The molecule has 3 heterocycles.